The molecule has 0 radical (unpaired) electrons. The number of rotatable bonds is 6. The predicted octanol–water partition coefficient (Wildman–Crippen LogP) is 5.33. The number of benzene rings is 2. The lowest BCUT2D eigenvalue weighted by atomic mass is 10.0. The number of terminal acetylenes is 1. The molecule has 3 N–H and O–H groups in total. The topological polar surface area (TPSA) is 96.1 Å². The number of carbonyl (C=O) groups is 2. The number of hydrogen-bond acceptors (Lipinski definition) is 4. The number of nitrogens with one attached hydrogen (secondary N) is 3. The van der Waals surface area contributed by atoms with Gasteiger partial charge in [0.25, 0.3) is 0 Å². The first kappa shape index (κ1) is 21.3. The van der Waals surface area contributed by atoms with Crippen LogP contribution in [0.25, 0.3) is 22.2 Å². The maximum Gasteiger partial charge on any atom is 0.412 e. The molecule has 0 spiro atoms. The summed E-state index contributed by atoms with van der Waals surface area (Å²) in [4.78, 5) is 32.3. The number of aromatic nitrogens is 2. The van der Waals surface area contributed by atoms with Crippen molar-refractivity contribution in [1.29, 1.82) is 0 Å². The number of nitrogens with zero attached hydrogens (tertiary/aromatic N) is 1. The molecule has 1 fully saturated rings. The Morgan fingerprint density at radius 3 is 2.65 bits per heavy atom. The highest BCUT2D eigenvalue weighted by atomic mass is 16.5. The van der Waals surface area contributed by atoms with E-state index in [9.17, 15) is 9.59 Å². The molecule has 0 unspecified atom stereocenters. The number of pyridine rings is 1. The molecular formula is C27H22N4O3. The van der Waals surface area contributed by atoms with Gasteiger partial charge in [-0.05, 0) is 42.2 Å². The quantitative estimate of drug-likeness (QED) is 0.346. The Kier molecular flexibility index (Phi) is 5.48. The zero-order valence-corrected chi connectivity index (χ0v) is 18.3. The van der Waals surface area contributed by atoms with Crippen molar-refractivity contribution < 1.29 is 14.3 Å². The fourth-order valence-electron chi connectivity index (χ4n) is 3.76. The van der Waals surface area contributed by atoms with E-state index < -0.39 is 11.5 Å². The monoisotopic (exact) mass is 450 g/mol. The van der Waals surface area contributed by atoms with Crippen molar-refractivity contribution in [3.8, 4) is 23.5 Å². The van der Waals surface area contributed by atoms with E-state index in [-0.39, 0.29) is 12.5 Å². The van der Waals surface area contributed by atoms with E-state index in [4.69, 9.17) is 11.2 Å². The van der Waals surface area contributed by atoms with Crippen LogP contribution >= 0.6 is 0 Å². The number of ether oxygens (including phenoxy) is 1. The molecule has 4 aromatic rings. The van der Waals surface area contributed by atoms with Crippen LogP contribution in [-0.4, -0.2) is 22.0 Å². The molecule has 0 saturated heterocycles. The van der Waals surface area contributed by atoms with Crippen LogP contribution in [0.2, 0.25) is 0 Å². The first-order valence-electron chi connectivity index (χ1n) is 10.9. The predicted molar refractivity (Wildman–Crippen MR) is 131 cm³/mol. The number of hydrogen-bond donors (Lipinski definition) is 3. The maximum absolute atomic E-state index is 12.5. The summed E-state index contributed by atoms with van der Waals surface area (Å²) in [7, 11) is 0. The number of carbonyl (C=O) groups excluding carboxylic acids is 2. The molecule has 7 heteroatoms. The van der Waals surface area contributed by atoms with Gasteiger partial charge in [0.1, 0.15) is 17.7 Å². The third-order valence-corrected chi connectivity index (χ3v) is 5.88. The van der Waals surface area contributed by atoms with Crippen molar-refractivity contribution in [2.75, 3.05) is 10.6 Å². The minimum absolute atomic E-state index is 0.145. The molecule has 1 aliphatic rings. The average molecular weight is 450 g/mol. The minimum Gasteiger partial charge on any atom is -0.444 e. The standard InChI is InChI=1S/C27H22N4O3/c1-2-27(11-12-27)25(32)30-20-10-6-9-19(13-20)23-16-29-24-22(23)14-21(15-28-24)31-26(33)34-17-18-7-4-3-5-8-18/h1,3-10,13-16H,11-12,17H2,(H,28,29)(H,30,32)(H,31,33). The Hall–Kier alpha value is -4.57. The van der Waals surface area contributed by atoms with E-state index in [1.165, 1.54) is 0 Å². The number of H-pyrrole nitrogens is 1. The largest absolute Gasteiger partial charge is 0.444 e. The van der Waals surface area contributed by atoms with Crippen molar-refractivity contribution >= 4 is 34.4 Å². The summed E-state index contributed by atoms with van der Waals surface area (Å²) in [5, 5.41) is 6.48. The van der Waals surface area contributed by atoms with E-state index in [0.717, 1.165) is 22.1 Å². The Morgan fingerprint density at radius 2 is 1.88 bits per heavy atom. The van der Waals surface area contributed by atoms with Crippen molar-refractivity contribution in [3.05, 3.63) is 78.6 Å². The van der Waals surface area contributed by atoms with Gasteiger partial charge in [0.15, 0.2) is 0 Å². The molecule has 34 heavy (non-hydrogen) atoms. The molecule has 168 valence electrons. The van der Waals surface area contributed by atoms with Crippen molar-refractivity contribution in [1.82, 2.24) is 9.97 Å². The normalized spacial score (nSPS) is 13.6. The lowest BCUT2D eigenvalue weighted by Crippen LogP contribution is -2.22. The second kappa shape index (κ2) is 8.75. The van der Waals surface area contributed by atoms with Crippen LogP contribution < -0.4 is 10.6 Å². The van der Waals surface area contributed by atoms with E-state index in [0.29, 0.717) is 29.9 Å². The Balaban J connectivity index is 1.33. The van der Waals surface area contributed by atoms with Gasteiger partial charge in [0.05, 0.1) is 11.9 Å². The Bertz CT molecular complexity index is 1410. The van der Waals surface area contributed by atoms with Gasteiger partial charge < -0.3 is 15.0 Å². The fraction of sp³-hybridized carbons (Fsp3) is 0.148. The van der Waals surface area contributed by atoms with Crippen LogP contribution in [0, 0.1) is 17.8 Å². The van der Waals surface area contributed by atoms with Gasteiger partial charge in [-0.15, -0.1) is 6.42 Å². The minimum atomic E-state index is -0.670. The molecule has 2 heterocycles. The number of anilines is 2. The zero-order chi connectivity index (χ0) is 23.5. The third-order valence-electron chi connectivity index (χ3n) is 5.88. The fourth-order valence-corrected chi connectivity index (χ4v) is 3.76. The molecule has 1 aliphatic carbocycles. The van der Waals surface area contributed by atoms with Gasteiger partial charge >= 0.3 is 6.09 Å². The second-order valence-electron chi connectivity index (χ2n) is 8.27. The Morgan fingerprint density at radius 1 is 1.06 bits per heavy atom. The van der Waals surface area contributed by atoms with Crippen LogP contribution in [0.15, 0.2) is 73.1 Å². The molecule has 2 aromatic heterocycles. The van der Waals surface area contributed by atoms with E-state index >= 15 is 0 Å². The lowest BCUT2D eigenvalue weighted by molar-refractivity contribution is -0.119. The van der Waals surface area contributed by atoms with Crippen molar-refractivity contribution in [2.45, 2.75) is 19.4 Å². The third kappa shape index (κ3) is 4.34. The SMILES string of the molecule is C#CC1(C(=O)Nc2cccc(-c3c[nH]c4ncc(NC(=O)OCc5ccccc5)cc34)c2)CC1. The number of aromatic amines is 1. The van der Waals surface area contributed by atoms with Gasteiger partial charge in [-0.25, -0.2) is 9.78 Å². The van der Waals surface area contributed by atoms with E-state index in [1.807, 2.05) is 66.9 Å². The molecule has 2 aromatic carbocycles. The molecule has 7 nitrogen and oxygen atoms in total. The second-order valence-corrected chi connectivity index (χ2v) is 8.27. The van der Waals surface area contributed by atoms with E-state index in [1.54, 1.807) is 6.20 Å². The van der Waals surface area contributed by atoms with Crippen LogP contribution in [-0.2, 0) is 16.1 Å². The van der Waals surface area contributed by atoms with Crippen LogP contribution in [0.4, 0.5) is 16.2 Å². The van der Waals surface area contributed by atoms with Crippen molar-refractivity contribution in [2.24, 2.45) is 5.41 Å². The highest BCUT2D eigenvalue weighted by Crippen LogP contribution is 2.45. The molecule has 5 rings (SSSR count). The van der Waals surface area contributed by atoms with Gasteiger partial charge in [-0.3, -0.25) is 10.1 Å². The van der Waals surface area contributed by atoms with Gasteiger partial charge in [-0.1, -0.05) is 48.4 Å². The van der Waals surface area contributed by atoms with E-state index in [2.05, 4.69) is 26.5 Å². The molecular weight excluding hydrogens is 428 g/mol. The maximum atomic E-state index is 12.5. The van der Waals surface area contributed by atoms with Gasteiger partial charge in [-0.2, -0.15) is 0 Å². The van der Waals surface area contributed by atoms with Gasteiger partial charge in [0, 0.05) is 22.8 Å². The summed E-state index contributed by atoms with van der Waals surface area (Å²) in [6.45, 7) is 0.178. The van der Waals surface area contributed by atoms with Crippen LogP contribution in [0.1, 0.15) is 18.4 Å². The zero-order valence-electron chi connectivity index (χ0n) is 18.3. The molecule has 2 amide bonds. The number of fused-ring (bicyclic) bond motifs is 1. The first-order chi connectivity index (χ1) is 16.6. The lowest BCUT2D eigenvalue weighted by Gasteiger charge is -2.11. The summed E-state index contributed by atoms with van der Waals surface area (Å²) >= 11 is 0. The summed E-state index contributed by atoms with van der Waals surface area (Å²) < 4.78 is 5.30. The molecule has 0 aliphatic heterocycles. The smallest absolute Gasteiger partial charge is 0.412 e. The van der Waals surface area contributed by atoms with Gasteiger partial charge in [0.2, 0.25) is 5.91 Å². The summed E-state index contributed by atoms with van der Waals surface area (Å²) in [6, 6.07) is 18.8. The highest BCUT2D eigenvalue weighted by molar-refractivity contribution is 6.01. The average Bonchev–Trinajstić information content (AvgIpc) is 3.56. The van der Waals surface area contributed by atoms with Crippen molar-refractivity contribution in [3.63, 3.8) is 0 Å². The molecule has 0 atom stereocenters. The number of amides is 2. The van der Waals surface area contributed by atoms with Crippen LogP contribution in [0.3, 0.4) is 0 Å². The summed E-state index contributed by atoms with van der Waals surface area (Å²) in [5.41, 5.74) is 3.87. The summed E-state index contributed by atoms with van der Waals surface area (Å²) in [6.07, 6.45) is 9.81. The molecule has 1 saturated carbocycles. The van der Waals surface area contributed by atoms with Crippen LogP contribution in [0.5, 0.6) is 0 Å². The Labute approximate surface area is 196 Å². The highest BCUT2D eigenvalue weighted by Gasteiger charge is 2.48. The summed E-state index contributed by atoms with van der Waals surface area (Å²) in [5.74, 6) is 2.46. The first-order valence-corrected chi connectivity index (χ1v) is 10.9. The molecule has 0 bridgehead atoms.